The van der Waals surface area contributed by atoms with Crippen LogP contribution in [0.15, 0.2) is 0 Å². The largest absolute Gasteiger partial charge is 0.374 e. The Morgan fingerprint density at radius 1 is 1.85 bits per heavy atom. The second-order valence-corrected chi connectivity index (χ2v) is 4.31. The maximum absolute atomic E-state index is 10.2. The molecule has 0 aliphatic carbocycles. The summed E-state index contributed by atoms with van der Waals surface area (Å²) in [5.74, 6) is 0.707. The van der Waals surface area contributed by atoms with Crippen LogP contribution in [-0.2, 0) is 4.79 Å². The molecule has 0 aromatic carbocycles. The molecule has 0 spiro atoms. The first-order valence-electron chi connectivity index (χ1n) is 4.08. The molecule has 1 saturated heterocycles. The molecule has 1 rings (SSSR count). The predicted molar refractivity (Wildman–Crippen MR) is 50.1 cm³/mol. The van der Waals surface area contributed by atoms with E-state index in [4.69, 9.17) is 0 Å². The van der Waals surface area contributed by atoms with Crippen LogP contribution in [0.4, 0.5) is 0 Å². The predicted octanol–water partition coefficient (Wildman–Crippen LogP) is -1.54. The Morgan fingerprint density at radius 3 is 3.08 bits per heavy atom. The molecule has 0 aromatic rings. The monoisotopic (exact) mass is 206 g/mol. The quantitative estimate of drug-likeness (QED) is 0.421. The van der Waals surface area contributed by atoms with Gasteiger partial charge in [-0.15, -0.1) is 11.8 Å². The van der Waals surface area contributed by atoms with Crippen molar-refractivity contribution in [3.8, 4) is 0 Å². The number of nitrogens with one attached hydrogen (secondary N) is 2. The van der Waals surface area contributed by atoms with E-state index < -0.39 is 17.2 Å². The van der Waals surface area contributed by atoms with Crippen LogP contribution in [0.25, 0.3) is 0 Å². The van der Waals surface area contributed by atoms with Crippen LogP contribution >= 0.6 is 11.8 Å². The molecule has 3 atom stereocenters. The minimum Gasteiger partial charge on any atom is -0.374 e. The number of carbonyl (C=O) groups is 1. The molecule has 1 fully saturated rings. The average molecular weight is 206 g/mol. The van der Waals surface area contributed by atoms with E-state index in [1.54, 1.807) is 6.92 Å². The third-order valence-electron chi connectivity index (χ3n) is 2.10. The van der Waals surface area contributed by atoms with Crippen LogP contribution in [0, 0.1) is 0 Å². The van der Waals surface area contributed by atoms with Crippen molar-refractivity contribution in [1.82, 2.24) is 10.6 Å². The van der Waals surface area contributed by atoms with Crippen LogP contribution in [0.1, 0.15) is 6.92 Å². The highest BCUT2D eigenvalue weighted by atomic mass is 32.2. The number of amides is 1. The van der Waals surface area contributed by atoms with E-state index >= 15 is 0 Å². The highest BCUT2D eigenvalue weighted by Crippen LogP contribution is 2.31. The second kappa shape index (κ2) is 4.28. The van der Waals surface area contributed by atoms with Gasteiger partial charge in [-0.2, -0.15) is 0 Å². The summed E-state index contributed by atoms with van der Waals surface area (Å²) in [7, 11) is 0. The number of aliphatic hydroxyl groups is 2. The molecule has 0 radical (unpaired) electrons. The highest BCUT2D eigenvalue weighted by Gasteiger charge is 2.43. The van der Waals surface area contributed by atoms with Gasteiger partial charge in [0.25, 0.3) is 0 Å². The number of thioether (sulfide) groups is 1. The van der Waals surface area contributed by atoms with Crippen LogP contribution < -0.4 is 10.6 Å². The van der Waals surface area contributed by atoms with Crippen LogP contribution in [-0.4, -0.2) is 46.1 Å². The van der Waals surface area contributed by atoms with Crippen molar-refractivity contribution in [3.05, 3.63) is 0 Å². The molecular weight excluding hydrogens is 192 g/mol. The van der Waals surface area contributed by atoms with Gasteiger partial charge in [0.2, 0.25) is 6.41 Å². The standard InChI is InChI=1S/C7H14N2O3S/c1-5(9-4-10)7(12)6(11)8-2-3-13-7/h4-6,8,11-12H,2-3H2,1H3,(H,9,10). The maximum Gasteiger partial charge on any atom is 0.207 e. The number of aliphatic hydroxyl groups excluding tert-OH is 1. The Labute approximate surface area is 80.9 Å². The molecule has 0 aromatic heterocycles. The van der Waals surface area contributed by atoms with Gasteiger partial charge in [0.05, 0.1) is 6.04 Å². The SMILES string of the molecule is CC(NC=O)C1(O)SCCNC1O. The molecule has 5 nitrogen and oxygen atoms in total. The van der Waals surface area contributed by atoms with Crippen molar-refractivity contribution in [3.63, 3.8) is 0 Å². The third-order valence-corrected chi connectivity index (χ3v) is 3.55. The zero-order chi connectivity index (χ0) is 9.90. The van der Waals surface area contributed by atoms with E-state index in [0.717, 1.165) is 0 Å². The first-order chi connectivity index (χ1) is 6.11. The van der Waals surface area contributed by atoms with E-state index in [9.17, 15) is 15.0 Å². The number of rotatable bonds is 3. The van der Waals surface area contributed by atoms with E-state index in [1.165, 1.54) is 11.8 Å². The molecular formula is C7H14N2O3S. The molecule has 0 saturated carbocycles. The summed E-state index contributed by atoms with van der Waals surface area (Å²) in [6.45, 7) is 2.31. The molecule has 1 aliphatic heterocycles. The molecule has 3 unspecified atom stereocenters. The Bertz CT molecular complexity index is 193. The van der Waals surface area contributed by atoms with Crippen molar-refractivity contribution in [1.29, 1.82) is 0 Å². The Kier molecular flexibility index (Phi) is 3.55. The van der Waals surface area contributed by atoms with Gasteiger partial charge >= 0.3 is 0 Å². The van der Waals surface area contributed by atoms with Crippen molar-refractivity contribution in [2.24, 2.45) is 0 Å². The van der Waals surface area contributed by atoms with E-state index in [0.29, 0.717) is 18.7 Å². The number of carbonyl (C=O) groups excluding carboxylic acids is 1. The maximum atomic E-state index is 10.2. The summed E-state index contributed by atoms with van der Waals surface area (Å²) in [5.41, 5.74) is 0. The van der Waals surface area contributed by atoms with Crippen molar-refractivity contribution < 1.29 is 15.0 Å². The van der Waals surface area contributed by atoms with E-state index in [1.807, 2.05) is 0 Å². The second-order valence-electron chi connectivity index (χ2n) is 2.96. The van der Waals surface area contributed by atoms with Gasteiger partial charge in [-0.25, -0.2) is 0 Å². The molecule has 1 heterocycles. The highest BCUT2D eigenvalue weighted by molar-refractivity contribution is 8.00. The zero-order valence-corrected chi connectivity index (χ0v) is 8.17. The summed E-state index contributed by atoms with van der Waals surface area (Å²) in [6.07, 6.45) is -0.487. The Balaban J connectivity index is 2.64. The fourth-order valence-electron chi connectivity index (χ4n) is 1.22. The van der Waals surface area contributed by atoms with Gasteiger partial charge in [0.1, 0.15) is 6.23 Å². The van der Waals surface area contributed by atoms with E-state index in [2.05, 4.69) is 10.6 Å². The van der Waals surface area contributed by atoms with Crippen molar-refractivity contribution in [2.45, 2.75) is 24.1 Å². The third kappa shape index (κ3) is 2.14. The van der Waals surface area contributed by atoms with Crippen LogP contribution in [0.5, 0.6) is 0 Å². The zero-order valence-electron chi connectivity index (χ0n) is 7.36. The molecule has 0 bridgehead atoms. The number of hydrogen-bond acceptors (Lipinski definition) is 5. The lowest BCUT2D eigenvalue weighted by Crippen LogP contribution is -2.62. The van der Waals surface area contributed by atoms with Crippen LogP contribution in [0.3, 0.4) is 0 Å². The minimum absolute atomic E-state index is 0.488. The Morgan fingerprint density at radius 2 is 2.54 bits per heavy atom. The summed E-state index contributed by atoms with van der Waals surface area (Å²) < 4.78 is 0. The first kappa shape index (κ1) is 10.8. The van der Waals surface area contributed by atoms with Gasteiger partial charge in [0.15, 0.2) is 4.93 Å². The molecule has 6 heteroatoms. The molecule has 4 N–H and O–H groups in total. The van der Waals surface area contributed by atoms with Crippen molar-refractivity contribution in [2.75, 3.05) is 12.3 Å². The topological polar surface area (TPSA) is 81.6 Å². The average Bonchev–Trinajstić information content (AvgIpc) is 2.11. The number of hydrogen-bond donors (Lipinski definition) is 4. The fourth-order valence-corrected chi connectivity index (χ4v) is 2.32. The van der Waals surface area contributed by atoms with Crippen LogP contribution in [0.2, 0.25) is 0 Å². The van der Waals surface area contributed by atoms with Gasteiger partial charge < -0.3 is 15.5 Å². The van der Waals surface area contributed by atoms with Gasteiger partial charge in [-0.05, 0) is 6.92 Å². The summed E-state index contributed by atoms with van der Waals surface area (Å²) in [6, 6.07) is -0.488. The summed E-state index contributed by atoms with van der Waals surface area (Å²) >= 11 is 1.24. The normalized spacial score (nSPS) is 36.7. The summed E-state index contributed by atoms with van der Waals surface area (Å²) in [5, 5.41) is 24.6. The summed E-state index contributed by atoms with van der Waals surface area (Å²) in [4.78, 5) is 8.84. The molecule has 13 heavy (non-hydrogen) atoms. The first-order valence-corrected chi connectivity index (χ1v) is 5.07. The lowest BCUT2D eigenvalue weighted by Gasteiger charge is -2.40. The minimum atomic E-state index is -1.33. The van der Waals surface area contributed by atoms with Gasteiger partial charge in [-0.3, -0.25) is 10.1 Å². The molecule has 76 valence electrons. The van der Waals surface area contributed by atoms with Gasteiger partial charge in [-0.1, -0.05) is 0 Å². The molecule has 1 amide bonds. The Hall–Kier alpha value is -0.300. The smallest absolute Gasteiger partial charge is 0.207 e. The van der Waals surface area contributed by atoms with Gasteiger partial charge in [0, 0.05) is 12.3 Å². The van der Waals surface area contributed by atoms with Crippen molar-refractivity contribution >= 4 is 18.2 Å². The lowest BCUT2D eigenvalue weighted by molar-refractivity contribution is -0.112. The lowest BCUT2D eigenvalue weighted by atomic mass is 10.1. The molecule has 1 aliphatic rings. The fraction of sp³-hybridized carbons (Fsp3) is 0.857. The van der Waals surface area contributed by atoms with E-state index in [-0.39, 0.29) is 0 Å².